The molecule has 0 aliphatic rings. The highest BCUT2D eigenvalue weighted by molar-refractivity contribution is 5.77. The summed E-state index contributed by atoms with van der Waals surface area (Å²) in [5.74, 6) is 1.44. The van der Waals surface area contributed by atoms with Crippen molar-refractivity contribution in [3.63, 3.8) is 0 Å². The SMILES string of the molecule is COc1ccc(CCCCN=C(N)NCCc2ccccc2)cc1. The van der Waals surface area contributed by atoms with Crippen LogP contribution < -0.4 is 15.8 Å². The molecule has 2 aromatic rings. The fourth-order valence-corrected chi connectivity index (χ4v) is 2.47. The molecule has 4 nitrogen and oxygen atoms in total. The van der Waals surface area contributed by atoms with Gasteiger partial charge in [-0.2, -0.15) is 0 Å². The Labute approximate surface area is 144 Å². The number of guanidine groups is 1. The van der Waals surface area contributed by atoms with Crippen molar-refractivity contribution >= 4 is 5.96 Å². The predicted octanol–water partition coefficient (Wildman–Crippen LogP) is 3.16. The lowest BCUT2D eigenvalue weighted by molar-refractivity contribution is 0.414. The molecule has 0 aromatic heterocycles. The quantitative estimate of drug-likeness (QED) is 0.423. The molecule has 0 amide bonds. The molecule has 3 N–H and O–H groups in total. The Morgan fingerprint density at radius 2 is 1.67 bits per heavy atom. The molecule has 0 saturated carbocycles. The molecule has 0 spiro atoms. The maximum absolute atomic E-state index is 5.89. The van der Waals surface area contributed by atoms with Crippen molar-refractivity contribution in [1.29, 1.82) is 0 Å². The molecule has 0 unspecified atom stereocenters. The van der Waals surface area contributed by atoms with Crippen molar-refractivity contribution in [3.05, 3.63) is 65.7 Å². The van der Waals surface area contributed by atoms with E-state index < -0.39 is 0 Å². The molecule has 0 heterocycles. The van der Waals surface area contributed by atoms with Crippen LogP contribution in [0, 0.1) is 0 Å². The summed E-state index contributed by atoms with van der Waals surface area (Å²) in [7, 11) is 1.69. The molecule has 0 aliphatic heterocycles. The van der Waals surface area contributed by atoms with Crippen LogP contribution in [0.3, 0.4) is 0 Å². The van der Waals surface area contributed by atoms with Crippen molar-refractivity contribution in [3.8, 4) is 5.75 Å². The molecule has 24 heavy (non-hydrogen) atoms. The van der Waals surface area contributed by atoms with Crippen molar-refractivity contribution in [2.75, 3.05) is 20.2 Å². The number of nitrogens with one attached hydrogen (secondary N) is 1. The Kier molecular flexibility index (Phi) is 7.68. The predicted molar refractivity (Wildman–Crippen MR) is 101 cm³/mol. The van der Waals surface area contributed by atoms with Gasteiger partial charge in [0.25, 0.3) is 0 Å². The number of nitrogens with zero attached hydrogens (tertiary/aromatic N) is 1. The maximum Gasteiger partial charge on any atom is 0.188 e. The van der Waals surface area contributed by atoms with Gasteiger partial charge >= 0.3 is 0 Å². The number of hydrogen-bond donors (Lipinski definition) is 2. The van der Waals surface area contributed by atoms with E-state index in [0.717, 1.165) is 44.5 Å². The van der Waals surface area contributed by atoms with Crippen LogP contribution in [0.2, 0.25) is 0 Å². The number of aliphatic imine (C=N–C) groups is 1. The summed E-state index contributed by atoms with van der Waals surface area (Å²) in [5.41, 5.74) is 8.52. The molecule has 2 aromatic carbocycles. The van der Waals surface area contributed by atoms with E-state index in [1.54, 1.807) is 7.11 Å². The van der Waals surface area contributed by atoms with E-state index in [-0.39, 0.29) is 0 Å². The first-order valence-corrected chi connectivity index (χ1v) is 8.48. The number of benzene rings is 2. The summed E-state index contributed by atoms with van der Waals surface area (Å²) in [6.45, 7) is 1.57. The fourth-order valence-electron chi connectivity index (χ4n) is 2.47. The Bertz CT molecular complexity index is 609. The van der Waals surface area contributed by atoms with Crippen molar-refractivity contribution < 1.29 is 4.74 Å². The summed E-state index contributed by atoms with van der Waals surface area (Å²) in [5, 5.41) is 3.17. The molecule has 0 saturated heterocycles. The molecule has 0 atom stereocenters. The van der Waals surface area contributed by atoms with Gasteiger partial charge in [0.1, 0.15) is 5.75 Å². The highest BCUT2D eigenvalue weighted by Crippen LogP contribution is 2.13. The molecule has 0 aliphatic carbocycles. The van der Waals surface area contributed by atoms with E-state index >= 15 is 0 Å². The minimum Gasteiger partial charge on any atom is -0.497 e. The molecule has 0 bridgehead atoms. The number of nitrogens with two attached hydrogens (primary N) is 1. The standard InChI is InChI=1S/C20H27N3O/c1-24-19-12-10-18(11-13-19)9-5-6-15-22-20(21)23-16-14-17-7-3-2-4-8-17/h2-4,7-8,10-13H,5-6,9,14-16H2,1H3,(H3,21,22,23). The Balaban J connectivity index is 1.57. The monoisotopic (exact) mass is 325 g/mol. The van der Waals surface area contributed by atoms with Crippen LogP contribution in [-0.2, 0) is 12.8 Å². The molecule has 0 fully saturated rings. The summed E-state index contributed by atoms with van der Waals surface area (Å²) in [6.07, 6.45) is 4.15. The van der Waals surface area contributed by atoms with Gasteiger partial charge in [0, 0.05) is 13.1 Å². The van der Waals surface area contributed by atoms with Gasteiger partial charge in [0.2, 0.25) is 0 Å². The summed E-state index contributed by atoms with van der Waals surface area (Å²) >= 11 is 0. The van der Waals surface area contributed by atoms with Crippen molar-refractivity contribution in [2.45, 2.75) is 25.7 Å². The van der Waals surface area contributed by atoms with Crippen LogP contribution in [0.25, 0.3) is 0 Å². The molecule has 2 rings (SSSR count). The van der Waals surface area contributed by atoms with Gasteiger partial charge in [-0.25, -0.2) is 0 Å². The number of unbranched alkanes of at least 4 members (excludes halogenated alkanes) is 1. The maximum atomic E-state index is 5.89. The van der Waals surface area contributed by atoms with Crippen LogP contribution in [0.5, 0.6) is 5.75 Å². The minimum atomic E-state index is 0.537. The summed E-state index contributed by atoms with van der Waals surface area (Å²) in [6, 6.07) is 18.6. The third-order valence-corrected chi connectivity index (χ3v) is 3.88. The number of ether oxygens (including phenoxy) is 1. The topological polar surface area (TPSA) is 59.6 Å². The zero-order valence-electron chi connectivity index (χ0n) is 14.4. The lowest BCUT2D eigenvalue weighted by Crippen LogP contribution is -2.33. The van der Waals surface area contributed by atoms with Crippen LogP contribution in [0.15, 0.2) is 59.6 Å². The second kappa shape index (κ2) is 10.3. The fraction of sp³-hybridized carbons (Fsp3) is 0.350. The van der Waals surface area contributed by atoms with Gasteiger partial charge in [-0.15, -0.1) is 0 Å². The normalized spacial score (nSPS) is 11.3. The van der Waals surface area contributed by atoms with Gasteiger partial charge in [-0.1, -0.05) is 42.5 Å². The van der Waals surface area contributed by atoms with E-state index in [1.807, 2.05) is 18.2 Å². The lowest BCUT2D eigenvalue weighted by atomic mass is 10.1. The number of rotatable bonds is 9. The minimum absolute atomic E-state index is 0.537. The highest BCUT2D eigenvalue weighted by atomic mass is 16.5. The zero-order valence-corrected chi connectivity index (χ0v) is 14.4. The van der Waals surface area contributed by atoms with Crippen LogP contribution in [0.1, 0.15) is 24.0 Å². The van der Waals surface area contributed by atoms with Gasteiger partial charge in [-0.3, -0.25) is 4.99 Å². The second-order valence-corrected chi connectivity index (χ2v) is 5.73. The highest BCUT2D eigenvalue weighted by Gasteiger charge is 1.96. The van der Waals surface area contributed by atoms with Gasteiger partial charge in [0.05, 0.1) is 7.11 Å². The average Bonchev–Trinajstić information content (AvgIpc) is 2.63. The molecular weight excluding hydrogens is 298 g/mol. The summed E-state index contributed by atoms with van der Waals surface area (Å²) < 4.78 is 5.16. The molecule has 128 valence electrons. The number of aryl methyl sites for hydroxylation is 1. The molecule has 4 heteroatoms. The molecular formula is C20H27N3O. The van der Waals surface area contributed by atoms with Gasteiger partial charge in [-0.05, 0) is 48.9 Å². The Hall–Kier alpha value is -2.49. The van der Waals surface area contributed by atoms with E-state index in [9.17, 15) is 0 Å². The first-order valence-electron chi connectivity index (χ1n) is 8.48. The third kappa shape index (κ3) is 6.73. The number of hydrogen-bond acceptors (Lipinski definition) is 2. The van der Waals surface area contributed by atoms with Crippen LogP contribution in [0.4, 0.5) is 0 Å². The zero-order chi connectivity index (χ0) is 17.0. The first-order chi connectivity index (χ1) is 11.8. The van der Waals surface area contributed by atoms with Gasteiger partial charge < -0.3 is 15.8 Å². The molecule has 0 radical (unpaired) electrons. The smallest absolute Gasteiger partial charge is 0.188 e. The summed E-state index contributed by atoms with van der Waals surface area (Å²) in [4.78, 5) is 4.38. The van der Waals surface area contributed by atoms with E-state index in [0.29, 0.717) is 5.96 Å². The van der Waals surface area contributed by atoms with Gasteiger partial charge in [0.15, 0.2) is 5.96 Å². The number of methoxy groups -OCH3 is 1. The first kappa shape index (κ1) is 17.9. The third-order valence-electron chi connectivity index (χ3n) is 3.88. The Morgan fingerprint density at radius 1 is 0.958 bits per heavy atom. The average molecular weight is 325 g/mol. The van der Waals surface area contributed by atoms with E-state index in [1.165, 1.54) is 11.1 Å². The Morgan fingerprint density at radius 3 is 2.38 bits per heavy atom. The van der Waals surface area contributed by atoms with Crippen molar-refractivity contribution in [1.82, 2.24) is 5.32 Å². The van der Waals surface area contributed by atoms with E-state index in [2.05, 4.69) is 46.7 Å². The lowest BCUT2D eigenvalue weighted by Gasteiger charge is -2.06. The van der Waals surface area contributed by atoms with E-state index in [4.69, 9.17) is 10.5 Å². The van der Waals surface area contributed by atoms with Crippen molar-refractivity contribution in [2.24, 2.45) is 10.7 Å². The second-order valence-electron chi connectivity index (χ2n) is 5.73. The van der Waals surface area contributed by atoms with Crippen LogP contribution in [-0.4, -0.2) is 26.2 Å². The van der Waals surface area contributed by atoms with Crippen LogP contribution >= 0.6 is 0 Å². The largest absolute Gasteiger partial charge is 0.497 e.